The zero-order valence-corrected chi connectivity index (χ0v) is 18.0. The van der Waals surface area contributed by atoms with E-state index >= 15 is 0 Å². The second kappa shape index (κ2) is 10.3. The number of aromatic carboxylic acids is 1. The molecule has 2 aromatic carbocycles. The summed E-state index contributed by atoms with van der Waals surface area (Å²) in [7, 11) is 0. The fourth-order valence-electron chi connectivity index (χ4n) is 2.72. The minimum absolute atomic E-state index is 0.0897. The summed E-state index contributed by atoms with van der Waals surface area (Å²) < 4.78 is 16.8. The van der Waals surface area contributed by atoms with E-state index in [4.69, 9.17) is 14.2 Å². The number of nitriles is 1. The lowest BCUT2D eigenvalue weighted by Crippen LogP contribution is -2.34. The van der Waals surface area contributed by atoms with Crippen LogP contribution in [-0.4, -0.2) is 35.9 Å². The van der Waals surface area contributed by atoms with Crippen molar-refractivity contribution in [2.45, 2.75) is 39.7 Å². The van der Waals surface area contributed by atoms with Gasteiger partial charge in [0.05, 0.1) is 17.7 Å². The van der Waals surface area contributed by atoms with Gasteiger partial charge in [-0.15, -0.1) is 0 Å². The fourth-order valence-corrected chi connectivity index (χ4v) is 2.72. The number of carboxylic acids is 1. The SMILES string of the molecule is CCc1cc(Oc2cccc(C#N)c2OCCNC(=O)OC(C)(C)C)ccc1C(=O)O. The van der Waals surface area contributed by atoms with Crippen LogP contribution < -0.4 is 14.8 Å². The molecule has 0 saturated heterocycles. The molecule has 0 fully saturated rings. The number of nitrogens with one attached hydrogen (secondary N) is 1. The van der Waals surface area contributed by atoms with Gasteiger partial charge in [0.25, 0.3) is 0 Å². The molecular weight excluding hydrogens is 400 g/mol. The highest BCUT2D eigenvalue weighted by atomic mass is 16.6. The van der Waals surface area contributed by atoms with Crippen molar-refractivity contribution < 1.29 is 28.9 Å². The number of amides is 1. The van der Waals surface area contributed by atoms with Crippen molar-refractivity contribution in [2.24, 2.45) is 0 Å². The first kappa shape index (κ1) is 23.5. The third-order valence-corrected chi connectivity index (χ3v) is 4.03. The molecule has 0 radical (unpaired) electrons. The average Bonchev–Trinajstić information content (AvgIpc) is 2.70. The first-order chi connectivity index (χ1) is 14.6. The molecule has 0 bridgehead atoms. The third-order valence-electron chi connectivity index (χ3n) is 4.03. The first-order valence-electron chi connectivity index (χ1n) is 9.81. The maximum absolute atomic E-state index is 11.7. The Labute approximate surface area is 181 Å². The Hall–Kier alpha value is -3.73. The second-order valence-corrected chi connectivity index (χ2v) is 7.60. The second-order valence-electron chi connectivity index (χ2n) is 7.60. The molecule has 0 heterocycles. The molecule has 0 aromatic heterocycles. The van der Waals surface area contributed by atoms with Crippen molar-refractivity contribution in [2.75, 3.05) is 13.2 Å². The van der Waals surface area contributed by atoms with E-state index in [1.807, 2.05) is 6.92 Å². The number of para-hydroxylation sites is 1. The Bertz CT molecular complexity index is 989. The summed E-state index contributed by atoms with van der Waals surface area (Å²) >= 11 is 0. The molecule has 0 aliphatic rings. The highest BCUT2D eigenvalue weighted by Gasteiger charge is 2.17. The van der Waals surface area contributed by atoms with Gasteiger partial charge >= 0.3 is 12.1 Å². The van der Waals surface area contributed by atoms with Crippen molar-refractivity contribution in [1.29, 1.82) is 5.26 Å². The van der Waals surface area contributed by atoms with E-state index in [2.05, 4.69) is 11.4 Å². The number of benzene rings is 2. The predicted octanol–water partition coefficient (Wildman–Crippen LogP) is 4.51. The van der Waals surface area contributed by atoms with Gasteiger partial charge < -0.3 is 24.6 Å². The average molecular weight is 426 g/mol. The Morgan fingerprint density at radius 1 is 1.19 bits per heavy atom. The Morgan fingerprint density at radius 3 is 2.55 bits per heavy atom. The molecule has 0 unspecified atom stereocenters. The molecule has 0 spiro atoms. The van der Waals surface area contributed by atoms with Gasteiger partial charge in [-0.25, -0.2) is 9.59 Å². The van der Waals surface area contributed by atoms with E-state index in [-0.39, 0.29) is 30.0 Å². The number of carbonyl (C=O) groups excluding carboxylic acids is 1. The smallest absolute Gasteiger partial charge is 0.407 e. The Kier molecular flexibility index (Phi) is 7.86. The summed E-state index contributed by atoms with van der Waals surface area (Å²) in [6, 6.07) is 11.6. The maximum Gasteiger partial charge on any atom is 0.407 e. The topological polar surface area (TPSA) is 118 Å². The molecule has 1 amide bonds. The minimum atomic E-state index is -1.00. The Balaban J connectivity index is 2.13. The number of carboxylic acid groups (broad SMARTS) is 1. The van der Waals surface area contributed by atoms with E-state index in [9.17, 15) is 20.0 Å². The zero-order valence-electron chi connectivity index (χ0n) is 18.0. The highest BCUT2D eigenvalue weighted by Crippen LogP contribution is 2.35. The van der Waals surface area contributed by atoms with E-state index in [1.54, 1.807) is 51.1 Å². The number of rotatable bonds is 8. The van der Waals surface area contributed by atoms with Crippen LogP contribution >= 0.6 is 0 Å². The molecule has 164 valence electrons. The molecule has 0 aliphatic heterocycles. The molecule has 2 N–H and O–H groups in total. The van der Waals surface area contributed by atoms with Gasteiger partial charge in [0.2, 0.25) is 0 Å². The highest BCUT2D eigenvalue weighted by molar-refractivity contribution is 5.89. The summed E-state index contributed by atoms with van der Waals surface area (Å²) in [5, 5.41) is 21.3. The van der Waals surface area contributed by atoms with Crippen LogP contribution in [-0.2, 0) is 11.2 Å². The van der Waals surface area contributed by atoms with Crippen LogP contribution in [0.25, 0.3) is 0 Å². The summed E-state index contributed by atoms with van der Waals surface area (Å²) in [4.78, 5) is 23.1. The molecular formula is C23H26N2O6. The van der Waals surface area contributed by atoms with Gasteiger partial charge in [0.1, 0.15) is 24.0 Å². The lowest BCUT2D eigenvalue weighted by molar-refractivity contribution is 0.0519. The van der Waals surface area contributed by atoms with Gasteiger partial charge in [-0.2, -0.15) is 5.26 Å². The molecule has 0 atom stereocenters. The van der Waals surface area contributed by atoms with Crippen LogP contribution in [0, 0.1) is 11.3 Å². The molecule has 8 nitrogen and oxygen atoms in total. The first-order valence-corrected chi connectivity index (χ1v) is 9.81. The maximum atomic E-state index is 11.7. The lowest BCUT2D eigenvalue weighted by Gasteiger charge is -2.20. The standard InChI is InChI=1S/C23H26N2O6/c1-5-15-13-17(9-10-18(15)21(26)27)30-19-8-6-7-16(14-24)20(19)29-12-11-25-22(28)31-23(2,3)4/h6-10,13H,5,11-12H2,1-4H3,(H,25,28)(H,26,27). The van der Waals surface area contributed by atoms with Crippen LogP contribution in [0.4, 0.5) is 4.79 Å². The largest absolute Gasteiger partial charge is 0.486 e. The van der Waals surface area contributed by atoms with Crippen LogP contribution in [0.5, 0.6) is 17.2 Å². The zero-order chi connectivity index (χ0) is 23.0. The third kappa shape index (κ3) is 6.93. The number of nitrogens with zero attached hydrogens (tertiary/aromatic N) is 1. The quantitative estimate of drug-likeness (QED) is 0.596. The van der Waals surface area contributed by atoms with E-state index in [1.165, 1.54) is 6.07 Å². The van der Waals surface area contributed by atoms with Crippen molar-refractivity contribution in [1.82, 2.24) is 5.32 Å². The van der Waals surface area contributed by atoms with Gasteiger partial charge in [0, 0.05) is 0 Å². The van der Waals surface area contributed by atoms with Crippen LogP contribution in [0.1, 0.15) is 49.2 Å². The van der Waals surface area contributed by atoms with Crippen molar-refractivity contribution in [3.8, 4) is 23.3 Å². The number of alkyl carbamates (subject to hydrolysis) is 1. The van der Waals surface area contributed by atoms with Crippen molar-refractivity contribution >= 4 is 12.1 Å². The lowest BCUT2D eigenvalue weighted by atomic mass is 10.1. The monoisotopic (exact) mass is 426 g/mol. The molecule has 0 saturated carbocycles. The normalized spacial score (nSPS) is 10.7. The molecule has 2 rings (SSSR count). The summed E-state index contributed by atoms with van der Waals surface area (Å²) in [5.41, 5.74) is 0.510. The molecule has 8 heteroatoms. The minimum Gasteiger partial charge on any atom is -0.486 e. The number of hydrogen-bond acceptors (Lipinski definition) is 6. The van der Waals surface area contributed by atoms with Gasteiger partial charge in [0.15, 0.2) is 11.5 Å². The number of hydrogen-bond donors (Lipinski definition) is 2. The summed E-state index contributed by atoms with van der Waals surface area (Å²) in [5.74, 6) is -0.0390. The van der Waals surface area contributed by atoms with E-state index in [0.29, 0.717) is 23.5 Å². The van der Waals surface area contributed by atoms with Gasteiger partial charge in [-0.3, -0.25) is 0 Å². The van der Waals surface area contributed by atoms with E-state index < -0.39 is 17.7 Å². The number of carbonyl (C=O) groups is 2. The van der Waals surface area contributed by atoms with Gasteiger partial charge in [-0.05, 0) is 63.1 Å². The number of aryl methyl sites for hydroxylation is 1. The summed E-state index contributed by atoms with van der Waals surface area (Å²) in [6.07, 6.45) is -0.0386. The molecule has 0 aliphatic carbocycles. The van der Waals surface area contributed by atoms with E-state index in [0.717, 1.165) is 0 Å². The van der Waals surface area contributed by atoms with Crippen molar-refractivity contribution in [3.63, 3.8) is 0 Å². The fraction of sp³-hybridized carbons (Fsp3) is 0.348. The van der Waals surface area contributed by atoms with Crippen LogP contribution in [0.15, 0.2) is 36.4 Å². The molecule has 31 heavy (non-hydrogen) atoms. The van der Waals surface area contributed by atoms with Crippen molar-refractivity contribution in [3.05, 3.63) is 53.1 Å². The van der Waals surface area contributed by atoms with Crippen LogP contribution in [0.3, 0.4) is 0 Å². The summed E-state index contributed by atoms with van der Waals surface area (Å²) in [6.45, 7) is 7.41. The van der Waals surface area contributed by atoms with Crippen LogP contribution in [0.2, 0.25) is 0 Å². The predicted molar refractivity (Wildman–Crippen MR) is 114 cm³/mol. The number of ether oxygens (including phenoxy) is 3. The van der Waals surface area contributed by atoms with Gasteiger partial charge in [-0.1, -0.05) is 13.0 Å². The molecule has 2 aromatic rings. The Morgan fingerprint density at radius 2 is 1.94 bits per heavy atom.